The zero-order chi connectivity index (χ0) is 10.6. The fourth-order valence-electron chi connectivity index (χ4n) is 0.988. The molecule has 0 radical (unpaired) electrons. The van der Waals surface area contributed by atoms with Crippen molar-refractivity contribution in [1.82, 2.24) is 4.98 Å². The Morgan fingerprint density at radius 1 is 1.64 bits per heavy atom. The van der Waals surface area contributed by atoms with Crippen molar-refractivity contribution in [3.05, 3.63) is 29.6 Å². The molecule has 0 fully saturated rings. The van der Waals surface area contributed by atoms with Crippen molar-refractivity contribution in [2.24, 2.45) is 0 Å². The first kappa shape index (κ1) is 10.7. The molecule has 4 heteroatoms. The van der Waals surface area contributed by atoms with Gasteiger partial charge in [0.1, 0.15) is 0 Å². The molecule has 0 aliphatic rings. The summed E-state index contributed by atoms with van der Waals surface area (Å²) in [5.41, 5.74) is 0.939. The standard InChI is InChI=1S/C10H13NO3/c1-3-14-10(13)8-4-5-9(7(2)12)11-6-8/h4-7,12H,3H2,1-2H3/t7-/m0/s1. The molecule has 0 saturated carbocycles. The minimum atomic E-state index is -0.619. The van der Waals surface area contributed by atoms with Crippen LogP contribution in [-0.4, -0.2) is 22.7 Å². The summed E-state index contributed by atoms with van der Waals surface area (Å²) in [5, 5.41) is 9.18. The number of aliphatic hydroxyl groups excluding tert-OH is 1. The number of aliphatic hydroxyl groups is 1. The molecule has 4 nitrogen and oxygen atoms in total. The van der Waals surface area contributed by atoms with E-state index >= 15 is 0 Å². The van der Waals surface area contributed by atoms with Gasteiger partial charge >= 0.3 is 5.97 Å². The molecule has 0 aliphatic carbocycles. The van der Waals surface area contributed by atoms with Crippen LogP contribution in [-0.2, 0) is 4.74 Å². The van der Waals surface area contributed by atoms with Gasteiger partial charge in [-0.3, -0.25) is 4.98 Å². The molecule has 1 N–H and O–H groups in total. The number of hydrogen-bond acceptors (Lipinski definition) is 4. The molecule has 1 rings (SSSR count). The lowest BCUT2D eigenvalue weighted by Gasteiger charge is -2.04. The van der Waals surface area contributed by atoms with E-state index in [0.29, 0.717) is 17.9 Å². The predicted molar refractivity (Wildman–Crippen MR) is 50.8 cm³/mol. The third kappa shape index (κ3) is 2.53. The summed E-state index contributed by atoms with van der Waals surface area (Å²) < 4.78 is 4.79. The number of pyridine rings is 1. The van der Waals surface area contributed by atoms with Crippen molar-refractivity contribution in [1.29, 1.82) is 0 Å². The molecule has 1 aromatic heterocycles. The van der Waals surface area contributed by atoms with Crippen molar-refractivity contribution in [2.45, 2.75) is 20.0 Å². The fourth-order valence-corrected chi connectivity index (χ4v) is 0.988. The second kappa shape index (κ2) is 4.72. The summed E-state index contributed by atoms with van der Waals surface area (Å²) in [6.07, 6.45) is 0.784. The van der Waals surface area contributed by atoms with Gasteiger partial charge in [-0.05, 0) is 26.0 Å². The van der Waals surface area contributed by atoms with Gasteiger partial charge in [-0.1, -0.05) is 0 Å². The summed E-state index contributed by atoms with van der Waals surface area (Å²) >= 11 is 0. The summed E-state index contributed by atoms with van der Waals surface area (Å²) in [4.78, 5) is 15.1. The van der Waals surface area contributed by atoms with Gasteiger partial charge in [0.15, 0.2) is 0 Å². The lowest BCUT2D eigenvalue weighted by molar-refractivity contribution is 0.0525. The highest BCUT2D eigenvalue weighted by molar-refractivity contribution is 5.88. The largest absolute Gasteiger partial charge is 0.462 e. The number of carbonyl (C=O) groups excluding carboxylic acids is 1. The van der Waals surface area contributed by atoms with E-state index in [2.05, 4.69) is 4.98 Å². The Hall–Kier alpha value is -1.42. The van der Waals surface area contributed by atoms with E-state index in [-0.39, 0.29) is 0 Å². The van der Waals surface area contributed by atoms with Gasteiger partial charge in [-0.15, -0.1) is 0 Å². The highest BCUT2D eigenvalue weighted by Crippen LogP contribution is 2.09. The zero-order valence-corrected chi connectivity index (χ0v) is 8.23. The Labute approximate surface area is 82.5 Å². The zero-order valence-electron chi connectivity index (χ0n) is 8.23. The average Bonchev–Trinajstić information content (AvgIpc) is 2.18. The number of nitrogens with zero attached hydrogens (tertiary/aromatic N) is 1. The number of aromatic nitrogens is 1. The van der Waals surface area contributed by atoms with E-state index in [4.69, 9.17) is 4.74 Å². The Kier molecular flexibility index (Phi) is 3.59. The van der Waals surface area contributed by atoms with Crippen LogP contribution in [0.1, 0.15) is 36.0 Å². The van der Waals surface area contributed by atoms with Crippen LogP contribution in [0.3, 0.4) is 0 Å². The molecule has 0 aromatic carbocycles. The highest BCUT2D eigenvalue weighted by Gasteiger charge is 2.08. The third-order valence-corrected chi connectivity index (χ3v) is 1.73. The smallest absolute Gasteiger partial charge is 0.339 e. The van der Waals surface area contributed by atoms with Gasteiger partial charge in [0.2, 0.25) is 0 Å². The minimum absolute atomic E-state index is 0.344. The topological polar surface area (TPSA) is 59.4 Å². The molecule has 1 heterocycles. The SMILES string of the molecule is CCOC(=O)c1ccc([C@H](C)O)nc1. The fraction of sp³-hybridized carbons (Fsp3) is 0.400. The number of esters is 1. The average molecular weight is 195 g/mol. The van der Waals surface area contributed by atoms with Gasteiger partial charge < -0.3 is 9.84 Å². The van der Waals surface area contributed by atoms with E-state index in [1.165, 1.54) is 6.20 Å². The maximum absolute atomic E-state index is 11.2. The van der Waals surface area contributed by atoms with E-state index in [1.807, 2.05) is 0 Å². The molecule has 14 heavy (non-hydrogen) atoms. The number of carbonyl (C=O) groups is 1. The van der Waals surface area contributed by atoms with Crippen molar-refractivity contribution in [2.75, 3.05) is 6.61 Å². The molecular weight excluding hydrogens is 182 g/mol. The van der Waals surface area contributed by atoms with Gasteiger partial charge in [-0.2, -0.15) is 0 Å². The first-order chi connectivity index (χ1) is 6.65. The van der Waals surface area contributed by atoms with Gasteiger partial charge in [0, 0.05) is 6.20 Å². The Morgan fingerprint density at radius 2 is 2.36 bits per heavy atom. The molecule has 0 saturated heterocycles. The van der Waals surface area contributed by atoms with Crippen LogP contribution in [0.4, 0.5) is 0 Å². The Balaban J connectivity index is 2.78. The molecule has 1 aromatic rings. The van der Waals surface area contributed by atoms with Crippen LogP contribution in [0.25, 0.3) is 0 Å². The van der Waals surface area contributed by atoms with E-state index < -0.39 is 12.1 Å². The number of ether oxygens (including phenoxy) is 1. The maximum atomic E-state index is 11.2. The maximum Gasteiger partial charge on any atom is 0.339 e. The predicted octanol–water partition coefficient (Wildman–Crippen LogP) is 1.31. The molecule has 0 unspecified atom stereocenters. The van der Waals surface area contributed by atoms with Crippen molar-refractivity contribution in [3.63, 3.8) is 0 Å². The van der Waals surface area contributed by atoms with Crippen molar-refractivity contribution in [3.8, 4) is 0 Å². The lowest BCUT2D eigenvalue weighted by atomic mass is 10.2. The molecule has 0 bridgehead atoms. The summed E-state index contributed by atoms with van der Waals surface area (Å²) in [5.74, 6) is -0.392. The van der Waals surface area contributed by atoms with Gasteiger partial charge in [0.05, 0.1) is 24.0 Å². The van der Waals surface area contributed by atoms with Gasteiger partial charge in [-0.25, -0.2) is 4.79 Å². The summed E-state index contributed by atoms with van der Waals surface area (Å²) in [6.45, 7) is 3.71. The quantitative estimate of drug-likeness (QED) is 0.739. The van der Waals surface area contributed by atoms with Gasteiger partial charge in [0.25, 0.3) is 0 Å². The Bertz CT molecular complexity index is 306. The van der Waals surface area contributed by atoms with Crippen LogP contribution >= 0.6 is 0 Å². The van der Waals surface area contributed by atoms with Crippen LogP contribution in [0.5, 0.6) is 0 Å². The number of rotatable bonds is 3. The first-order valence-corrected chi connectivity index (χ1v) is 4.46. The first-order valence-electron chi connectivity index (χ1n) is 4.46. The lowest BCUT2D eigenvalue weighted by Crippen LogP contribution is -2.06. The van der Waals surface area contributed by atoms with Crippen LogP contribution in [0, 0.1) is 0 Å². The van der Waals surface area contributed by atoms with E-state index in [9.17, 15) is 9.90 Å². The van der Waals surface area contributed by atoms with E-state index in [0.717, 1.165) is 0 Å². The molecule has 0 aliphatic heterocycles. The highest BCUT2D eigenvalue weighted by atomic mass is 16.5. The van der Waals surface area contributed by atoms with Crippen LogP contribution < -0.4 is 0 Å². The van der Waals surface area contributed by atoms with Crippen molar-refractivity contribution >= 4 is 5.97 Å². The van der Waals surface area contributed by atoms with Crippen LogP contribution in [0.2, 0.25) is 0 Å². The summed E-state index contributed by atoms with van der Waals surface area (Å²) in [6, 6.07) is 3.20. The monoisotopic (exact) mass is 195 g/mol. The number of hydrogen-bond donors (Lipinski definition) is 1. The summed E-state index contributed by atoms with van der Waals surface area (Å²) in [7, 11) is 0. The third-order valence-electron chi connectivity index (χ3n) is 1.73. The van der Waals surface area contributed by atoms with Crippen molar-refractivity contribution < 1.29 is 14.6 Å². The molecule has 0 spiro atoms. The second-order valence-corrected chi connectivity index (χ2v) is 2.87. The normalized spacial score (nSPS) is 12.2. The Morgan fingerprint density at radius 3 is 2.79 bits per heavy atom. The molecule has 1 atom stereocenters. The van der Waals surface area contributed by atoms with E-state index in [1.54, 1.807) is 26.0 Å². The molecule has 76 valence electrons. The molecule has 0 amide bonds. The van der Waals surface area contributed by atoms with Crippen LogP contribution in [0.15, 0.2) is 18.3 Å². The molecular formula is C10H13NO3. The second-order valence-electron chi connectivity index (χ2n) is 2.87. The minimum Gasteiger partial charge on any atom is -0.462 e.